The number of benzene rings is 1. The minimum absolute atomic E-state index is 0.0673. The third-order valence-corrected chi connectivity index (χ3v) is 2.98. The summed E-state index contributed by atoms with van der Waals surface area (Å²) in [7, 11) is 0. The lowest BCUT2D eigenvalue weighted by Gasteiger charge is -2.26. The van der Waals surface area contributed by atoms with E-state index >= 15 is 0 Å². The van der Waals surface area contributed by atoms with Gasteiger partial charge < -0.3 is 5.73 Å². The topological polar surface area (TPSA) is 58.4 Å². The van der Waals surface area contributed by atoms with Crippen molar-refractivity contribution in [3.8, 4) is 0 Å². The second kappa shape index (κ2) is 5.19. The van der Waals surface area contributed by atoms with Crippen LogP contribution in [0, 0.1) is 6.92 Å². The van der Waals surface area contributed by atoms with Crippen LogP contribution in [0.2, 0.25) is 0 Å². The predicted molar refractivity (Wildman–Crippen MR) is 68.5 cm³/mol. The molecule has 4 nitrogen and oxygen atoms in total. The van der Waals surface area contributed by atoms with Crippen molar-refractivity contribution in [2.24, 2.45) is 0 Å². The Hall–Kier alpha value is -1.55. The molecule has 0 radical (unpaired) electrons. The first-order valence-electron chi connectivity index (χ1n) is 6.08. The number of anilines is 1. The molecule has 2 rings (SSSR count). The van der Waals surface area contributed by atoms with E-state index in [0.717, 1.165) is 31.5 Å². The van der Waals surface area contributed by atoms with Crippen LogP contribution >= 0.6 is 0 Å². The normalized spacial score (nSPS) is 16.8. The fourth-order valence-corrected chi connectivity index (χ4v) is 2.16. The summed E-state index contributed by atoms with van der Waals surface area (Å²) in [5.74, 6) is -0.0673. The number of amides is 1. The highest BCUT2D eigenvalue weighted by molar-refractivity contribution is 5.94. The van der Waals surface area contributed by atoms with Crippen molar-refractivity contribution >= 4 is 11.6 Å². The number of piperidine rings is 1. The first kappa shape index (κ1) is 11.9. The van der Waals surface area contributed by atoms with E-state index in [-0.39, 0.29) is 5.91 Å². The van der Waals surface area contributed by atoms with E-state index < -0.39 is 0 Å². The van der Waals surface area contributed by atoms with Crippen molar-refractivity contribution in [2.75, 3.05) is 18.8 Å². The van der Waals surface area contributed by atoms with Crippen LogP contribution < -0.4 is 11.2 Å². The molecule has 0 unspecified atom stereocenters. The number of nitrogens with two attached hydrogens (primary N) is 1. The van der Waals surface area contributed by atoms with Crippen LogP contribution in [0.5, 0.6) is 0 Å². The van der Waals surface area contributed by atoms with Gasteiger partial charge in [0.15, 0.2) is 0 Å². The molecule has 1 aromatic carbocycles. The van der Waals surface area contributed by atoms with Gasteiger partial charge in [-0.15, -0.1) is 0 Å². The van der Waals surface area contributed by atoms with E-state index in [9.17, 15) is 4.79 Å². The zero-order valence-corrected chi connectivity index (χ0v) is 10.2. The molecule has 0 saturated carbocycles. The van der Waals surface area contributed by atoms with Gasteiger partial charge in [0.2, 0.25) is 0 Å². The molecule has 17 heavy (non-hydrogen) atoms. The maximum atomic E-state index is 12.0. The molecule has 1 fully saturated rings. The molecule has 0 aromatic heterocycles. The summed E-state index contributed by atoms with van der Waals surface area (Å²) in [6.07, 6.45) is 3.55. The summed E-state index contributed by atoms with van der Waals surface area (Å²) in [6.45, 7) is 3.81. The van der Waals surface area contributed by atoms with E-state index in [1.165, 1.54) is 6.42 Å². The highest BCUT2D eigenvalue weighted by Crippen LogP contribution is 2.12. The molecule has 0 spiro atoms. The Balaban J connectivity index is 2.03. The highest BCUT2D eigenvalue weighted by atomic mass is 16.2. The molecular weight excluding hydrogens is 214 g/mol. The van der Waals surface area contributed by atoms with Gasteiger partial charge in [-0.05, 0) is 43.5 Å². The number of carbonyl (C=O) groups excluding carboxylic acids is 1. The fourth-order valence-electron chi connectivity index (χ4n) is 2.16. The number of carbonyl (C=O) groups is 1. The third kappa shape index (κ3) is 3.20. The molecular formula is C13H19N3O. The van der Waals surface area contributed by atoms with Crippen molar-refractivity contribution in [3.63, 3.8) is 0 Å². The quantitative estimate of drug-likeness (QED) is 0.764. The third-order valence-electron chi connectivity index (χ3n) is 2.98. The van der Waals surface area contributed by atoms with Gasteiger partial charge in [0.05, 0.1) is 0 Å². The first-order valence-corrected chi connectivity index (χ1v) is 6.08. The molecule has 1 aliphatic heterocycles. The Bertz CT molecular complexity index is 391. The lowest BCUT2D eigenvalue weighted by molar-refractivity contribution is 0.0750. The summed E-state index contributed by atoms with van der Waals surface area (Å²) < 4.78 is 0. The van der Waals surface area contributed by atoms with Gasteiger partial charge in [0.25, 0.3) is 5.91 Å². The molecule has 1 amide bonds. The average Bonchev–Trinajstić information content (AvgIpc) is 2.29. The zero-order chi connectivity index (χ0) is 12.3. The molecule has 0 aliphatic carbocycles. The fraction of sp³-hybridized carbons (Fsp3) is 0.462. The van der Waals surface area contributed by atoms with Gasteiger partial charge in [-0.1, -0.05) is 6.42 Å². The first-order chi connectivity index (χ1) is 8.15. The maximum absolute atomic E-state index is 12.0. The molecule has 1 aliphatic rings. The van der Waals surface area contributed by atoms with Gasteiger partial charge in [-0.3, -0.25) is 10.2 Å². The summed E-state index contributed by atoms with van der Waals surface area (Å²) in [4.78, 5) is 12.0. The van der Waals surface area contributed by atoms with E-state index in [1.807, 2.05) is 24.1 Å². The second-order valence-corrected chi connectivity index (χ2v) is 4.62. The minimum atomic E-state index is -0.0673. The van der Waals surface area contributed by atoms with Crippen molar-refractivity contribution in [1.82, 2.24) is 10.4 Å². The lowest BCUT2D eigenvalue weighted by atomic mass is 10.1. The van der Waals surface area contributed by atoms with Gasteiger partial charge in [0, 0.05) is 24.3 Å². The van der Waals surface area contributed by atoms with Gasteiger partial charge >= 0.3 is 0 Å². The van der Waals surface area contributed by atoms with Crippen LogP contribution in [-0.4, -0.2) is 24.0 Å². The molecule has 4 heteroatoms. The highest BCUT2D eigenvalue weighted by Gasteiger charge is 2.14. The number of hydrazine groups is 1. The molecule has 1 saturated heterocycles. The smallest absolute Gasteiger partial charge is 0.265 e. The molecule has 3 N–H and O–H groups in total. The summed E-state index contributed by atoms with van der Waals surface area (Å²) >= 11 is 0. The van der Waals surface area contributed by atoms with Crippen molar-refractivity contribution in [3.05, 3.63) is 29.3 Å². The monoisotopic (exact) mass is 233 g/mol. The van der Waals surface area contributed by atoms with Crippen LogP contribution in [-0.2, 0) is 0 Å². The van der Waals surface area contributed by atoms with Gasteiger partial charge in [-0.2, -0.15) is 0 Å². The van der Waals surface area contributed by atoms with Gasteiger partial charge in [-0.25, -0.2) is 5.01 Å². The largest absolute Gasteiger partial charge is 0.399 e. The Morgan fingerprint density at radius 2 is 1.94 bits per heavy atom. The van der Waals surface area contributed by atoms with E-state index in [2.05, 4.69) is 5.43 Å². The molecule has 1 aromatic rings. The standard InChI is InChI=1S/C13H19N3O/c1-10-7-11(9-12(14)8-10)13(17)15-16-5-3-2-4-6-16/h7-9H,2-6,14H2,1H3,(H,15,17). The van der Waals surface area contributed by atoms with E-state index in [0.29, 0.717) is 11.3 Å². The molecule has 0 atom stereocenters. The van der Waals surface area contributed by atoms with Crippen LogP contribution in [0.4, 0.5) is 5.69 Å². The van der Waals surface area contributed by atoms with E-state index in [4.69, 9.17) is 5.73 Å². The number of nitrogens with one attached hydrogen (secondary N) is 1. The van der Waals surface area contributed by atoms with Crippen molar-refractivity contribution in [2.45, 2.75) is 26.2 Å². The summed E-state index contributed by atoms with van der Waals surface area (Å²) in [5.41, 5.74) is 10.9. The van der Waals surface area contributed by atoms with Crippen molar-refractivity contribution in [1.29, 1.82) is 0 Å². The van der Waals surface area contributed by atoms with Crippen LogP contribution in [0.15, 0.2) is 18.2 Å². The zero-order valence-electron chi connectivity index (χ0n) is 10.2. The maximum Gasteiger partial charge on any atom is 0.265 e. The van der Waals surface area contributed by atoms with Gasteiger partial charge in [0.1, 0.15) is 0 Å². The van der Waals surface area contributed by atoms with Crippen LogP contribution in [0.1, 0.15) is 35.2 Å². The number of aryl methyl sites for hydroxylation is 1. The molecule has 0 bridgehead atoms. The molecule has 1 heterocycles. The SMILES string of the molecule is Cc1cc(N)cc(C(=O)NN2CCCCC2)c1. The Morgan fingerprint density at radius 1 is 1.24 bits per heavy atom. The second-order valence-electron chi connectivity index (χ2n) is 4.62. The summed E-state index contributed by atoms with van der Waals surface area (Å²) in [5, 5.41) is 1.99. The van der Waals surface area contributed by atoms with E-state index in [1.54, 1.807) is 6.07 Å². The Kier molecular flexibility index (Phi) is 3.64. The number of hydrogen-bond donors (Lipinski definition) is 2. The number of rotatable bonds is 2. The number of hydrogen-bond acceptors (Lipinski definition) is 3. The summed E-state index contributed by atoms with van der Waals surface area (Å²) in [6, 6.07) is 5.43. The van der Waals surface area contributed by atoms with Crippen LogP contribution in [0.3, 0.4) is 0 Å². The number of nitrogen functional groups attached to an aromatic ring is 1. The van der Waals surface area contributed by atoms with Crippen LogP contribution in [0.25, 0.3) is 0 Å². The molecule has 92 valence electrons. The minimum Gasteiger partial charge on any atom is -0.399 e. The lowest BCUT2D eigenvalue weighted by Crippen LogP contribution is -2.45. The Morgan fingerprint density at radius 3 is 2.59 bits per heavy atom. The number of nitrogens with zero attached hydrogens (tertiary/aromatic N) is 1. The van der Waals surface area contributed by atoms with Crippen molar-refractivity contribution < 1.29 is 4.79 Å². The predicted octanol–water partition coefficient (Wildman–Crippen LogP) is 1.71. The average molecular weight is 233 g/mol. The Labute approximate surface area is 102 Å².